The van der Waals surface area contributed by atoms with Crippen molar-refractivity contribution in [2.75, 3.05) is 64.8 Å². The summed E-state index contributed by atoms with van der Waals surface area (Å²) in [7, 11) is 0. The van der Waals surface area contributed by atoms with Crippen molar-refractivity contribution in [2.24, 2.45) is 9.98 Å². The molecule has 38 heavy (non-hydrogen) atoms. The number of aliphatic imine (C=N–C) groups is 2. The Morgan fingerprint density at radius 3 is 2.53 bits per heavy atom. The minimum Gasteiger partial charge on any atom is -0.378 e. The van der Waals surface area contributed by atoms with Gasteiger partial charge in [0.1, 0.15) is 5.82 Å². The minimum absolute atomic E-state index is 0.0377. The number of nitrogen functional groups attached to an aromatic ring is 1. The molecule has 4 rings (SSSR count). The molecular formula is C27H37N9O2. The molecule has 0 atom stereocenters. The van der Waals surface area contributed by atoms with Gasteiger partial charge in [-0.3, -0.25) is 4.79 Å². The molecule has 2 fully saturated rings. The van der Waals surface area contributed by atoms with Crippen LogP contribution in [0.5, 0.6) is 0 Å². The summed E-state index contributed by atoms with van der Waals surface area (Å²) in [5.74, 6) is 1.61. The first-order valence-corrected chi connectivity index (χ1v) is 12.9. The lowest BCUT2D eigenvalue weighted by Gasteiger charge is -2.29. The van der Waals surface area contributed by atoms with Crippen LogP contribution in [0.4, 0.5) is 5.95 Å². The quantitative estimate of drug-likeness (QED) is 0.239. The maximum Gasteiger partial charge on any atom is 0.249 e. The lowest BCUT2D eigenvalue weighted by Crippen LogP contribution is -2.46. The zero-order valence-electron chi connectivity index (χ0n) is 22.1. The van der Waals surface area contributed by atoms with E-state index in [0.717, 1.165) is 42.2 Å². The standard InChI is InChI=1S/C27H37N9O2/c1-4-5-23(16-20(2)25(37)34-10-7-30-8-11-34)36-9-6-22(17-21-18-31-26(28)32-19-21)24(36)33-27(29-3)35-12-14-38-15-13-35/h4-5,16,18-19,30H,1,3,6-15,17H2,2H3,(H2,28,31,32)/b20-16+,23-5+,33-27+. The van der Waals surface area contributed by atoms with E-state index in [4.69, 9.17) is 15.5 Å². The number of guanidine groups is 1. The Labute approximate surface area is 224 Å². The third kappa shape index (κ3) is 6.73. The van der Waals surface area contributed by atoms with Gasteiger partial charge in [0.15, 0.2) is 0 Å². The summed E-state index contributed by atoms with van der Waals surface area (Å²) >= 11 is 0. The average Bonchev–Trinajstić information content (AvgIpc) is 3.34. The normalized spacial score (nSPS) is 19.7. The number of aromatic nitrogens is 2. The number of rotatable bonds is 7. The zero-order chi connectivity index (χ0) is 26.9. The Morgan fingerprint density at radius 1 is 1.16 bits per heavy atom. The molecule has 0 unspecified atom stereocenters. The van der Waals surface area contributed by atoms with Crippen LogP contribution >= 0.6 is 0 Å². The van der Waals surface area contributed by atoms with Crippen LogP contribution in [0.3, 0.4) is 0 Å². The molecule has 4 heterocycles. The van der Waals surface area contributed by atoms with Gasteiger partial charge in [0.05, 0.1) is 13.2 Å². The molecule has 0 spiro atoms. The molecule has 1 amide bonds. The van der Waals surface area contributed by atoms with Crippen molar-refractivity contribution in [1.29, 1.82) is 0 Å². The molecule has 3 aliphatic heterocycles. The van der Waals surface area contributed by atoms with Crippen LogP contribution in [0.1, 0.15) is 18.9 Å². The molecule has 3 N–H and O–H groups in total. The Morgan fingerprint density at radius 2 is 1.87 bits per heavy atom. The first kappa shape index (κ1) is 27.2. The molecule has 0 aromatic carbocycles. The molecule has 11 heteroatoms. The van der Waals surface area contributed by atoms with Gasteiger partial charge >= 0.3 is 0 Å². The summed E-state index contributed by atoms with van der Waals surface area (Å²) < 4.78 is 5.51. The lowest BCUT2D eigenvalue weighted by molar-refractivity contribution is -0.127. The highest BCUT2D eigenvalue weighted by Gasteiger charge is 2.27. The van der Waals surface area contributed by atoms with E-state index in [1.54, 1.807) is 18.5 Å². The Balaban J connectivity index is 1.69. The molecule has 202 valence electrons. The predicted molar refractivity (Wildman–Crippen MR) is 149 cm³/mol. The number of anilines is 1. The molecule has 11 nitrogen and oxygen atoms in total. The van der Waals surface area contributed by atoms with Gasteiger partial charge in [-0.1, -0.05) is 12.7 Å². The summed E-state index contributed by atoms with van der Waals surface area (Å²) in [6.07, 6.45) is 10.4. The number of piperazine rings is 1. The number of carbonyl (C=O) groups is 1. The first-order valence-electron chi connectivity index (χ1n) is 12.9. The fraction of sp³-hybridized carbons (Fsp3) is 0.444. The van der Waals surface area contributed by atoms with Crippen molar-refractivity contribution in [3.63, 3.8) is 0 Å². The van der Waals surface area contributed by atoms with Gasteiger partial charge < -0.3 is 30.5 Å². The number of nitrogens with zero attached hydrogens (tertiary/aromatic N) is 7. The molecule has 3 aliphatic rings. The van der Waals surface area contributed by atoms with Gasteiger partial charge in [-0.2, -0.15) is 4.99 Å². The van der Waals surface area contributed by atoms with Gasteiger partial charge in [0.25, 0.3) is 0 Å². The second-order valence-corrected chi connectivity index (χ2v) is 9.32. The summed E-state index contributed by atoms with van der Waals surface area (Å²) in [4.78, 5) is 36.8. The number of ether oxygens (including phenoxy) is 1. The van der Waals surface area contributed by atoms with E-state index in [1.807, 2.05) is 24.0 Å². The number of allylic oxidation sites excluding steroid dienone is 3. The largest absolute Gasteiger partial charge is 0.378 e. The second kappa shape index (κ2) is 13.1. The zero-order valence-corrected chi connectivity index (χ0v) is 22.1. The van der Waals surface area contributed by atoms with E-state index < -0.39 is 0 Å². The molecule has 0 bridgehead atoms. The van der Waals surface area contributed by atoms with E-state index in [1.165, 1.54) is 0 Å². The smallest absolute Gasteiger partial charge is 0.249 e. The Kier molecular flexibility index (Phi) is 9.39. The van der Waals surface area contributed by atoms with Crippen molar-refractivity contribution in [2.45, 2.75) is 19.8 Å². The highest BCUT2D eigenvalue weighted by Crippen LogP contribution is 2.32. The summed E-state index contributed by atoms with van der Waals surface area (Å²) in [5.41, 5.74) is 9.25. The van der Waals surface area contributed by atoms with Crippen LogP contribution in [0, 0.1) is 0 Å². The predicted octanol–water partition coefficient (Wildman–Crippen LogP) is 1.36. The third-order valence-corrected chi connectivity index (χ3v) is 6.70. The topological polar surface area (TPSA) is 125 Å². The summed E-state index contributed by atoms with van der Waals surface area (Å²) in [5, 5.41) is 3.29. The molecule has 0 aliphatic carbocycles. The van der Waals surface area contributed by atoms with Gasteiger partial charge in [-0.25, -0.2) is 15.0 Å². The van der Waals surface area contributed by atoms with Crippen LogP contribution in [0.15, 0.2) is 69.8 Å². The van der Waals surface area contributed by atoms with E-state index in [9.17, 15) is 4.79 Å². The van der Waals surface area contributed by atoms with Crippen molar-refractivity contribution in [1.82, 2.24) is 30.0 Å². The molecule has 0 saturated carbocycles. The van der Waals surface area contributed by atoms with Gasteiger partial charge in [0, 0.05) is 75.9 Å². The molecule has 1 aromatic heterocycles. The maximum atomic E-state index is 13.2. The Hall–Kier alpha value is -3.83. The number of carbonyl (C=O) groups excluding carboxylic acids is 1. The van der Waals surface area contributed by atoms with Crippen LogP contribution in [0.25, 0.3) is 0 Å². The highest BCUT2D eigenvalue weighted by atomic mass is 16.5. The first-order chi connectivity index (χ1) is 18.5. The SMILES string of the molecule is C=C/C=C(\C=C(/C)C(=O)N1CCNCC1)N1CCC(Cc2cnc(N)nc2)=C1/N=C(\N=C)N1CCOCC1. The average molecular weight is 520 g/mol. The molecular weight excluding hydrogens is 482 g/mol. The number of nitrogens with one attached hydrogen (secondary N) is 1. The maximum absolute atomic E-state index is 13.2. The van der Waals surface area contributed by atoms with Crippen molar-refractivity contribution >= 4 is 24.5 Å². The van der Waals surface area contributed by atoms with Gasteiger partial charge in [-0.15, -0.1) is 0 Å². The number of hydrogen-bond donors (Lipinski definition) is 2. The molecule has 2 saturated heterocycles. The van der Waals surface area contributed by atoms with E-state index in [-0.39, 0.29) is 11.9 Å². The fourth-order valence-corrected chi connectivity index (χ4v) is 4.72. The molecule has 1 aromatic rings. The van der Waals surface area contributed by atoms with Crippen molar-refractivity contribution in [3.05, 3.63) is 65.4 Å². The summed E-state index contributed by atoms with van der Waals surface area (Å²) in [6, 6.07) is 0. The summed E-state index contributed by atoms with van der Waals surface area (Å²) in [6.45, 7) is 15.9. The van der Waals surface area contributed by atoms with Gasteiger partial charge in [0.2, 0.25) is 17.8 Å². The Bertz CT molecular complexity index is 1140. The number of hydrogen-bond acceptors (Lipinski definition) is 8. The number of amides is 1. The van der Waals surface area contributed by atoms with Crippen LogP contribution in [-0.4, -0.2) is 102 Å². The monoisotopic (exact) mass is 519 g/mol. The van der Waals surface area contributed by atoms with E-state index >= 15 is 0 Å². The van der Waals surface area contributed by atoms with E-state index in [0.29, 0.717) is 63.9 Å². The van der Waals surface area contributed by atoms with Crippen LogP contribution in [-0.2, 0) is 16.0 Å². The third-order valence-electron chi connectivity index (χ3n) is 6.70. The second-order valence-electron chi connectivity index (χ2n) is 9.32. The molecule has 0 radical (unpaired) electrons. The fourth-order valence-electron chi connectivity index (χ4n) is 4.72. The van der Waals surface area contributed by atoms with Crippen molar-refractivity contribution in [3.8, 4) is 0 Å². The van der Waals surface area contributed by atoms with Gasteiger partial charge in [-0.05, 0) is 43.4 Å². The van der Waals surface area contributed by atoms with Crippen LogP contribution < -0.4 is 11.1 Å². The lowest BCUT2D eigenvalue weighted by atomic mass is 10.1. The number of nitrogens with two attached hydrogens (primary N) is 1. The highest BCUT2D eigenvalue weighted by molar-refractivity contribution is 5.93. The minimum atomic E-state index is 0.0377. The van der Waals surface area contributed by atoms with Crippen LogP contribution in [0.2, 0.25) is 0 Å². The van der Waals surface area contributed by atoms with E-state index in [2.05, 4.69) is 43.4 Å². The van der Waals surface area contributed by atoms with Crippen molar-refractivity contribution < 1.29 is 9.53 Å². The number of morpholine rings is 1.